The van der Waals surface area contributed by atoms with E-state index in [0.29, 0.717) is 37.2 Å². The molecule has 3 fully saturated rings. The molecule has 0 saturated carbocycles. The monoisotopic (exact) mass is 391 g/mol. The van der Waals surface area contributed by atoms with Gasteiger partial charge in [-0.1, -0.05) is 11.3 Å². The quantitative estimate of drug-likeness (QED) is 0.849. The molecule has 3 aliphatic rings. The molecule has 3 saturated heterocycles. The number of likely N-dealkylation sites (tertiary alicyclic amines) is 1. The Morgan fingerprint density at radius 3 is 2.96 bits per heavy atom. The van der Waals surface area contributed by atoms with Crippen LogP contribution in [0.4, 0.5) is 15.7 Å². The number of rotatable bonds is 3. The second kappa shape index (κ2) is 6.77. The number of aromatic nitrogens is 2. The molecule has 2 aromatic heterocycles. The van der Waals surface area contributed by atoms with E-state index in [1.165, 1.54) is 11.3 Å². The van der Waals surface area contributed by atoms with E-state index in [1.807, 2.05) is 4.90 Å². The van der Waals surface area contributed by atoms with Gasteiger partial charge in [-0.05, 0) is 6.42 Å². The minimum atomic E-state index is -0.121. The molecular formula is C17H21N5O4S. The van der Waals surface area contributed by atoms with Crippen molar-refractivity contribution in [1.29, 1.82) is 0 Å². The third kappa shape index (κ3) is 2.97. The van der Waals surface area contributed by atoms with Crippen molar-refractivity contribution in [2.24, 2.45) is 0 Å². The average Bonchev–Trinajstić information content (AvgIpc) is 3.43. The van der Waals surface area contributed by atoms with Crippen molar-refractivity contribution in [3.8, 4) is 5.75 Å². The van der Waals surface area contributed by atoms with Gasteiger partial charge in [-0.15, -0.1) is 0 Å². The first-order valence-corrected chi connectivity index (χ1v) is 9.90. The molecule has 2 bridgehead atoms. The van der Waals surface area contributed by atoms with Gasteiger partial charge in [0.2, 0.25) is 0 Å². The van der Waals surface area contributed by atoms with Crippen LogP contribution in [0.15, 0.2) is 6.20 Å². The number of methoxy groups -OCH3 is 1. The zero-order chi connectivity index (χ0) is 18.4. The maximum atomic E-state index is 12.7. The standard InChI is InChI=1S/C17H21N5O4S/c1-24-12-7-18-15(21-2-4-25-5-3-21)14-13(12)19-16(27-14)20-17(23)22-8-11-6-10(22)9-26-11/h7,10-11H,2-6,8-9H2,1H3,(H,19,20,23)/t10-,11-/m0/s1. The summed E-state index contributed by atoms with van der Waals surface area (Å²) in [6.07, 6.45) is 2.79. The second-order valence-electron chi connectivity index (χ2n) is 6.87. The van der Waals surface area contributed by atoms with Crippen LogP contribution in [-0.2, 0) is 9.47 Å². The second-order valence-corrected chi connectivity index (χ2v) is 7.87. The van der Waals surface area contributed by atoms with E-state index in [4.69, 9.17) is 14.2 Å². The summed E-state index contributed by atoms with van der Waals surface area (Å²) in [5.41, 5.74) is 0.723. The molecule has 144 valence electrons. The van der Waals surface area contributed by atoms with Crippen LogP contribution < -0.4 is 15.0 Å². The number of amides is 2. The molecule has 0 unspecified atom stereocenters. The van der Waals surface area contributed by atoms with Gasteiger partial charge in [0.15, 0.2) is 10.9 Å². The van der Waals surface area contributed by atoms with Gasteiger partial charge in [0.1, 0.15) is 16.0 Å². The van der Waals surface area contributed by atoms with E-state index in [2.05, 4.69) is 20.2 Å². The number of hydrogen-bond acceptors (Lipinski definition) is 8. The largest absolute Gasteiger partial charge is 0.493 e. The molecule has 1 N–H and O–H groups in total. The predicted octanol–water partition coefficient (Wildman–Crippen LogP) is 1.54. The van der Waals surface area contributed by atoms with Crippen molar-refractivity contribution in [2.75, 3.05) is 56.8 Å². The number of fused-ring (bicyclic) bond motifs is 3. The Labute approximate surface area is 160 Å². The summed E-state index contributed by atoms with van der Waals surface area (Å²) < 4.78 is 17.3. The van der Waals surface area contributed by atoms with Gasteiger partial charge in [0, 0.05) is 19.6 Å². The fourth-order valence-corrected chi connectivity index (χ4v) is 4.88. The van der Waals surface area contributed by atoms with E-state index in [0.717, 1.165) is 35.5 Å². The number of urea groups is 1. The Balaban J connectivity index is 1.44. The molecule has 9 nitrogen and oxygen atoms in total. The summed E-state index contributed by atoms with van der Waals surface area (Å²) in [6, 6.07) is 0.0502. The number of carbonyl (C=O) groups excluding carboxylic acids is 1. The number of ether oxygens (including phenoxy) is 3. The third-order valence-corrected chi connectivity index (χ3v) is 6.24. The van der Waals surface area contributed by atoms with Crippen molar-refractivity contribution >= 4 is 38.5 Å². The molecule has 2 aromatic rings. The lowest BCUT2D eigenvalue weighted by atomic mass is 10.2. The van der Waals surface area contributed by atoms with Crippen LogP contribution in [0.1, 0.15) is 6.42 Å². The maximum absolute atomic E-state index is 12.7. The summed E-state index contributed by atoms with van der Waals surface area (Å²) in [5.74, 6) is 1.47. The van der Waals surface area contributed by atoms with Gasteiger partial charge in [0.25, 0.3) is 0 Å². The number of hydrogen-bond donors (Lipinski definition) is 1. The van der Waals surface area contributed by atoms with E-state index in [1.54, 1.807) is 13.3 Å². The number of morpholine rings is 2. The topological polar surface area (TPSA) is 89.1 Å². The number of pyridine rings is 1. The fraction of sp³-hybridized carbons (Fsp3) is 0.588. The molecule has 0 aromatic carbocycles. The van der Waals surface area contributed by atoms with Crippen LogP contribution in [0, 0.1) is 0 Å². The van der Waals surface area contributed by atoms with Crippen LogP contribution in [-0.4, -0.2) is 79.6 Å². The molecule has 5 rings (SSSR count). The Kier molecular flexibility index (Phi) is 4.25. The van der Waals surface area contributed by atoms with Crippen LogP contribution in [0.5, 0.6) is 5.75 Å². The van der Waals surface area contributed by atoms with E-state index >= 15 is 0 Å². The third-order valence-electron chi connectivity index (χ3n) is 5.27. The zero-order valence-corrected chi connectivity index (χ0v) is 15.8. The minimum absolute atomic E-state index is 0.121. The molecule has 2 amide bonds. The van der Waals surface area contributed by atoms with E-state index in [-0.39, 0.29) is 18.2 Å². The Morgan fingerprint density at radius 1 is 1.41 bits per heavy atom. The van der Waals surface area contributed by atoms with Crippen LogP contribution >= 0.6 is 11.3 Å². The highest BCUT2D eigenvalue weighted by atomic mass is 32.1. The average molecular weight is 391 g/mol. The summed E-state index contributed by atoms with van der Waals surface area (Å²) >= 11 is 1.43. The molecule has 3 aliphatic heterocycles. The number of thiazole rings is 1. The SMILES string of the molecule is COc1cnc(N2CCOCC2)c2sc(NC(=O)N3C[C@@H]4C[C@H]3CO4)nc12. The van der Waals surface area contributed by atoms with Crippen molar-refractivity contribution in [1.82, 2.24) is 14.9 Å². The molecule has 0 aliphatic carbocycles. The number of nitrogens with zero attached hydrogens (tertiary/aromatic N) is 4. The lowest BCUT2D eigenvalue weighted by molar-refractivity contribution is 0.0473. The van der Waals surface area contributed by atoms with Gasteiger partial charge in [-0.25, -0.2) is 14.8 Å². The number of carbonyl (C=O) groups is 1. The Morgan fingerprint density at radius 2 is 2.26 bits per heavy atom. The first kappa shape index (κ1) is 17.0. The molecular weight excluding hydrogens is 370 g/mol. The molecule has 27 heavy (non-hydrogen) atoms. The lowest BCUT2D eigenvalue weighted by Gasteiger charge is -2.28. The zero-order valence-electron chi connectivity index (χ0n) is 15.0. The van der Waals surface area contributed by atoms with Crippen molar-refractivity contribution in [2.45, 2.75) is 18.6 Å². The molecule has 10 heteroatoms. The molecule has 5 heterocycles. The van der Waals surface area contributed by atoms with Crippen LogP contribution in [0.3, 0.4) is 0 Å². The van der Waals surface area contributed by atoms with Crippen molar-refractivity contribution < 1.29 is 19.0 Å². The van der Waals surface area contributed by atoms with Crippen molar-refractivity contribution in [3.05, 3.63) is 6.20 Å². The van der Waals surface area contributed by atoms with E-state index < -0.39 is 0 Å². The highest BCUT2D eigenvalue weighted by molar-refractivity contribution is 7.23. The van der Waals surface area contributed by atoms with Gasteiger partial charge >= 0.3 is 6.03 Å². The van der Waals surface area contributed by atoms with Gasteiger partial charge < -0.3 is 24.0 Å². The summed E-state index contributed by atoms with van der Waals surface area (Å²) in [6.45, 7) is 4.19. The van der Waals surface area contributed by atoms with E-state index in [9.17, 15) is 4.79 Å². The highest BCUT2D eigenvalue weighted by Gasteiger charge is 2.41. The van der Waals surface area contributed by atoms with Gasteiger partial charge in [-0.3, -0.25) is 5.32 Å². The summed E-state index contributed by atoms with van der Waals surface area (Å²) in [7, 11) is 1.60. The fourth-order valence-electron chi connectivity index (χ4n) is 3.89. The van der Waals surface area contributed by atoms with Gasteiger partial charge in [-0.2, -0.15) is 0 Å². The summed E-state index contributed by atoms with van der Waals surface area (Å²) in [5, 5.41) is 3.51. The first-order chi connectivity index (χ1) is 13.2. The molecule has 0 radical (unpaired) electrons. The van der Waals surface area contributed by atoms with Crippen molar-refractivity contribution in [3.63, 3.8) is 0 Å². The molecule has 0 spiro atoms. The van der Waals surface area contributed by atoms with Gasteiger partial charge in [0.05, 0.1) is 45.3 Å². The minimum Gasteiger partial charge on any atom is -0.493 e. The number of anilines is 2. The highest BCUT2D eigenvalue weighted by Crippen LogP contribution is 2.38. The normalized spacial score (nSPS) is 24.6. The van der Waals surface area contributed by atoms with Crippen LogP contribution in [0.25, 0.3) is 10.2 Å². The lowest BCUT2D eigenvalue weighted by Crippen LogP contribution is -2.43. The Hall–Kier alpha value is -2.17. The first-order valence-electron chi connectivity index (χ1n) is 9.08. The maximum Gasteiger partial charge on any atom is 0.324 e. The van der Waals surface area contributed by atoms with Crippen LogP contribution in [0.2, 0.25) is 0 Å². The number of nitrogens with one attached hydrogen (secondary N) is 1. The smallest absolute Gasteiger partial charge is 0.324 e. The predicted molar refractivity (Wildman–Crippen MR) is 101 cm³/mol. The Bertz CT molecular complexity index is 868. The molecule has 2 atom stereocenters. The summed E-state index contributed by atoms with van der Waals surface area (Å²) in [4.78, 5) is 25.9.